The lowest BCUT2D eigenvalue weighted by Crippen LogP contribution is -2.16. The monoisotopic (exact) mass is 332 g/mol. The largest absolute Gasteiger partial charge is 0.493 e. The Morgan fingerprint density at radius 3 is 2.38 bits per heavy atom. The maximum absolute atomic E-state index is 11.5. The van der Waals surface area contributed by atoms with Gasteiger partial charge in [-0.05, 0) is 36.0 Å². The van der Waals surface area contributed by atoms with Gasteiger partial charge in [0.25, 0.3) is 9.05 Å². The number of halogens is 1. The Labute approximate surface area is 133 Å². The molecule has 0 N–H and O–H groups in total. The van der Waals surface area contributed by atoms with Crippen LogP contribution >= 0.6 is 10.7 Å². The second-order valence-electron chi connectivity index (χ2n) is 6.55. The van der Waals surface area contributed by atoms with Crippen molar-refractivity contribution in [3.63, 3.8) is 0 Å². The minimum Gasteiger partial charge on any atom is -0.493 e. The first-order valence-electron chi connectivity index (χ1n) is 7.27. The lowest BCUT2D eigenvalue weighted by atomic mass is 9.86. The quantitative estimate of drug-likeness (QED) is 0.707. The average Bonchev–Trinajstić information content (AvgIpc) is 2.34. The Hall–Kier alpha value is -0.740. The number of benzene rings is 1. The van der Waals surface area contributed by atoms with Crippen LogP contribution in [0.4, 0.5) is 0 Å². The molecule has 1 atom stereocenters. The SMILES string of the molecule is CCCC(C)COc1ccc(S(=O)(=O)Cl)cc1C(C)(C)C. The maximum atomic E-state index is 11.5. The van der Waals surface area contributed by atoms with Crippen molar-refractivity contribution in [1.82, 2.24) is 0 Å². The van der Waals surface area contributed by atoms with Gasteiger partial charge in [-0.25, -0.2) is 8.42 Å². The molecule has 0 aliphatic rings. The normalized spacial score (nSPS) is 14.0. The molecule has 0 aromatic heterocycles. The zero-order valence-corrected chi connectivity index (χ0v) is 15.0. The van der Waals surface area contributed by atoms with Crippen molar-refractivity contribution in [3.05, 3.63) is 23.8 Å². The summed E-state index contributed by atoms with van der Waals surface area (Å²) < 4.78 is 28.9. The molecule has 0 fully saturated rings. The van der Waals surface area contributed by atoms with Crippen LogP contribution in [0, 0.1) is 5.92 Å². The molecule has 0 amide bonds. The molecular formula is C16H25ClO3S. The standard InChI is InChI=1S/C16H25ClO3S/c1-6-7-12(2)11-20-15-9-8-13(21(17,18)19)10-14(15)16(3,4)5/h8-10,12H,6-7,11H2,1-5H3. The molecule has 0 aliphatic heterocycles. The average molecular weight is 333 g/mol. The van der Waals surface area contributed by atoms with Crippen molar-refractivity contribution < 1.29 is 13.2 Å². The van der Waals surface area contributed by atoms with E-state index in [1.165, 1.54) is 6.07 Å². The lowest BCUT2D eigenvalue weighted by molar-refractivity contribution is 0.246. The minimum atomic E-state index is -3.73. The lowest BCUT2D eigenvalue weighted by Gasteiger charge is -2.24. The van der Waals surface area contributed by atoms with Crippen LogP contribution in [0.5, 0.6) is 5.75 Å². The van der Waals surface area contributed by atoms with E-state index in [0.29, 0.717) is 12.5 Å². The molecule has 0 radical (unpaired) electrons. The zero-order valence-electron chi connectivity index (χ0n) is 13.4. The Kier molecular flexibility index (Phi) is 6.11. The van der Waals surface area contributed by atoms with Crippen LogP contribution in [-0.2, 0) is 14.5 Å². The fraction of sp³-hybridized carbons (Fsp3) is 0.625. The highest BCUT2D eigenvalue weighted by Crippen LogP contribution is 2.34. The first-order chi connectivity index (χ1) is 9.55. The van der Waals surface area contributed by atoms with Gasteiger partial charge >= 0.3 is 0 Å². The summed E-state index contributed by atoms with van der Waals surface area (Å²) in [4.78, 5) is 0.114. The maximum Gasteiger partial charge on any atom is 0.261 e. The molecule has 3 nitrogen and oxygen atoms in total. The molecule has 0 saturated carbocycles. The van der Waals surface area contributed by atoms with Gasteiger partial charge in [0.15, 0.2) is 0 Å². The predicted octanol–water partition coefficient (Wildman–Crippen LogP) is 4.73. The van der Waals surface area contributed by atoms with E-state index in [1.807, 2.05) is 20.8 Å². The Bertz CT molecular complexity index is 574. The van der Waals surface area contributed by atoms with Crippen LogP contribution in [0.3, 0.4) is 0 Å². The molecule has 1 unspecified atom stereocenters. The number of rotatable bonds is 6. The summed E-state index contributed by atoms with van der Waals surface area (Å²) in [5.74, 6) is 1.20. The van der Waals surface area contributed by atoms with Crippen LogP contribution in [0.25, 0.3) is 0 Å². The van der Waals surface area contributed by atoms with Crippen LogP contribution < -0.4 is 4.74 Å². The van der Waals surface area contributed by atoms with Crippen LogP contribution in [-0.4, -0.2) is 15.0 Å². The molecule has 1 aromatic rings. The van der Waals surface area contributed by atoms with Gasteiger partial charge < -0.3 is 4.74 Å². The molecule has 0 spiro atoms. The van der Waals surface area contributed by atoms with Gasteiger partial charge in [0.05, 0.1) is 11.5 Å². The highest BCUT2D eigenvalue weighted by Gasteiger charge is 2.22. The smallest absolute Gasteiger partial charge is 0.261 e. The third-order valence-electron chi connectivity index (χ3n) is 3.35. The topological polar surface area (TPSA) is 43.4 Å². The molecule has 1 rings (SSSR count). The molecule has 0 aliphatic carbocycles. The van der Waals surface area contributed by atoms with E-state index in [-0.39, 0.29) is 10.3 Å². The second kappa shape index (κ2) is 7.01. The Morgan fingerprint density at radius 2 is 1.90 bits per heavy atom. The summed E-state index contributed by atoms with van der Waals surface area (Å²) in [6.45, 7) is 11.0. The van der Waals surface area contributed by atoms with E-state index >= 15 is 0 Å². The molecular weight excluding hydrogens is 308 g/mol. The predicted molar refractivity (Wildman–Crippen MR) is 87.7 cm³/mol. The second-order valence-corrected chi connectivity index (χ2v) is 9.12. The van der Waals surface area contributed by atoms with E-state index in [1.54, 1.807) is 12.1 Å². The fourth-order valence-corrected chi connectivity index (χ4v) is 2.96. The van der Waals surface area contributed by atoms with Crippen molar-refractivity contribution >= 4 is 19.7 Å². The molecule has 0 saturated heterocycles. The third kappa shape index (κ3) is 5.51. The first kappa shape index (κ1) is 18.3. The zero-order chi connectivity index (χ0) is 16.3. The summed E-state index contributed by atoms with van der Waals surface area (Å²) in [5, 5.41) is 0. The van der Waals surface area contributed by atoms with Gasteiger partial charge in [0.1, 0.15) is 5.75 Å². The third-order valence-corrected chi connectivity index (χ3v) is 4.70. The van der Waals surface area contributed by atoms with Gasteiger partial charge in [0, 0.05) is 16.2 Å². The molecule has 0 bridgehead atoms. The van der Waals surface area contributed by atoms with Crippen molar-refractivity contribution in [2.75, 3.05) is 6.61 Å². The number of hydrogen-bond acceptors (Lipinski definition) is 3. The van der Waals surface area contributed by atoms with Crippen molar-refractivity contribution in [1.29, 1.82) is 0 Å². The van der Waals surface area contributed by atoms with E-state index in [4.69, 9.17) is 15.4 Å². The summed E-state index contributed by atoms with van der Waals surface area (Å²) in [6, 6.07) is 4.81. The minimum absolute atomic E-state index is 0.114. The summed E-state index contributed by atoms with van der Waals surface area (Å²) in [6.07, 6.45) is 2.24. The van der Waals surface area contributed by atoms with Gasteiger partial charge in [-0.2, -0.15) is 0 Å². The summed E-state index contributed by atoms with van der Waals surface area (Å²) in [5.41, 5.74) is 0.633. The van der Waals surface area contributed by atoms with Crippen molar-refractivity contribution in [3.8, 4) is 5.75 Å². The highest BCUT2D eigenvalue weighted by molar-refractivity contribution is 8.13. The summed E-state index contributed by atoms with van der Waals surface area (Å²) in [7, 11) is 1.71. The van der Waals surface area contributed by atoms with Crippen LogP contribution in [0.2, 0.25) is 0 Å². The summed E-state index contributed by atoms with van der Waals surface area (Å²) >= 11 is 0. The molecule has 21 heavy (non-hydrogen) atoms. The molecule has 120 valence electrons. The van der Waals surface area contributed by atoms with Crippen LogP contribution in [0.15, 0.2) is 23.1 Å². The molecule has 5 heteroatoms. The van der Waals surface area contributed by atoms with E-state index < -0.39 is 9.05 Å². The fourth-order valence-electron chi connectivity index (χ4n) is 2.18. The number of ether oxygens (including phenoxy) is 1. The van der Waals surface area contributed by atoms with E-state index in [0.717, 1.165) is 24.2 Å². The first-order valence-corrected chi connectivity index (χ1v) is 9.58. The van der Waals surface area contributed by atoms with Gasteiger partial charge in [-0.15, -0.1) is 0 Å². The van der Waals surface area contributed by atoms with Crippen molar-refractivity contribution in [2.45, 2.75) is 57.8 Å². The van der Waals surface area contributed by atoms with Gasteiger partial charge in [-0.1, -0.05) is 41.0 Å². The van der Waals surface area contributed by atoms with Gasteiger partial charge in [-0.3, -0.25) is 0 Å². The Morgan fingerprint density at radius 1 is 1.29 bits per heavy atom. The molecule has 1 aromatic carbocycles. The van der Waals surface area contributed by atoms with Crippen molar-refractivity contribution in [2.24, 2.45) is 5.92 Å². The Balaban J connectivity index is 3.09. The highest BCUT2D eigenvalue weighted by atomic mass is 35.7. The molecule has 0 heterocycles. The van der Waals surface area contributed by atoms with E-state index in [9.17, 15) is 8.42 Å². The van der Waals surface area contributed by atoms with Gasteiger partial charge in [0.2, 0.25) is 0 Å². The van der Waals surface area contributed by atoms with E-state index in [2.05, 4.69) is 13.8 Å². The number of hydrogen-bond donors (Lipinski definition) is 0. The van der Waals surface area contributed by atoms with Crippen LogP contribution in [0.1, 0.15) is 53.0 Å².